The standard InChI is InChI=1S/C11H23NO2/c1-14-6-2-5-11(8-12,9-13)7-10-3-4-10/h10,13H,2-9,12H2,1H3. The molecule has 0 heterocycles. The molecule has 3 nitrogen and oxygen atoms in total. The first-order valence-electron chi connectivity index (χ1n) is 5.56. The fourth-order valence-electron chi connectivity index (χ4n) is 2.02. The maximum absolute atomic E-state index is 9.43. The van der Waals surface area contributed by atoms with E-state index in [0.717, 1.165) is 31.8 Å². The molecule has 1 fully saturated rings. The second-order valence-corrected chi connectivity index (χ2v) is 4.61. The summed E-state index contributed by atoms with van der Waals surface area (Å²) in [6, 6.07) is 0. The number of rotatable bonds is 8. The second-order valence-electron chi connectivity index (χ2n) is 4.61. The van der Waals surface area contributed by atoms with Gasteiger partial charge in [0, 0.05) is 32.3 Å². The van der Waals surface area contributed by atoms with Crippen molar-refractivity contribution in [1.82, 2.24) is 0 Å². The minimum absolute atomic E-state index is 0.0281. The fourth-order valence-corrected chi connectivity index (χ4v) is 2.02. The molecule has 0 bridgehead atoms. The molecule has 1 aliphatic rings. The van der Waals surface area contributed by atoms with Gasteiger partial charge in [0.1, 0.15) is 0 Å². The first-order chi connectivity index (χ1) is 6.76. The Morgan fingerprint density at radius 1 is 1.50 bits per heavy atom. The lowest BCUT2D eigenvalue weighted by Crippen LogP contribution is -2.35. The van der Waals surface area contributed by atoms with Crippen LogP contribution in [0.15, 0.2) is 0 Å². The summed E-state index contributed by atoms with van der Waals surface area (Å²) in [5.74, 6) is 0.827. The minimum atomic E-state index is -0.0281. The summed E-state index contributed by atoms with van der Waals surface area (Å²) in [4.78, 5) is 0. The average Bonchev–Trinajstić information content (AvgIpc) is 3.00. The number of nitrogens with two attached hydrogens (primary N) is 1. The minimum Gasteiger partial charge on any atom is -0.396 e. The molecule has 1 saturated carbocycles. The molecule has 1 aliphatic carbocycles. The van der Waals surface area contributed by atoms with Gasteiger partial charge in [-0.2, -0.15) is 0 Å². The first kappa shape index (κ1) is 12.0. The quantitative estimate of drug-likeness (QED) is 0.579. The smallest absolute Gasteiger partial charge is 0.0499 e. The largest absolute Gasteiger partial charge is 0.396 e. The zero-order valence-electron chi connectivity index (χ0n) is 9.17. The SMILES string of the molecule is COCCCC(CN)(CO)CC1CC1. The van der Waals surface area contributed by atoms with Gasteiger partial charge in [0.2, 0.25) is 0 Å². The molecule has 84 valence electrons. The highest BCUT2D eigenvalue weighted by Gasteiger charge is 2.35. The summed E-state index contributed by atoms with van der Waals surface area (Å²) in [6.45, 7) is 1.60. The van der Waals surface area contributed by atoms with Crippen LogP contribution in [0.5, 0.6) is 0 Å². The van der Waals surface area contributed by atoms with Crippen molar-refractivity contribution in [1.29, 1.82) is 0 Å². The Hall–Kier alpha value is -0.120. The molecule has 0 spiro atoms. The van der Waals surface area contributed by atoms with Crippen molar-refractivity contribution >= 4 is 0 Å². The van der Waals surface area contributed by atoms with Crippen LogP contribution >= 0.6 is 0 Å². The Balaban J connectivity index is 2.32. The lowest BCUT2D eigenvalue weighted by molar-refractivity contribution is 0.0907. The van der Waals surface area contributed by atoms with Crippen molar-refractivity contribution in [2.45, 2.75) is 32.1 Å². The van der Waals surface area contributed by atoms with Gasteiger partial charge in [0.05, 0.1) is 0 Å². The predicted octanol–water partition coefficient (Wildman–Crippen LogP) is 1.15. The van der Waals surface area contributed by atoms with Crippen molar-refractivity contribution < 1.29 is 9.84 Å². The Bertz CT molecular complexity index is 153. The molecule has 3 heteroatoms. The average molecular weight is 201 g/mol. The summed E-state index contributed by atoms with van der Waals surface area (Å²) in [6.07, 6.45) is 5.74. The van der Waals surface area contributed by atoms with E-state index < -0.39 is 0 Å². The van der Waals surface area contributed by atoms with Gasteiger partial charge in [-0.25, -0.2) is 0 Å². The van der Waals surface area contributed by atoms with Gasteiger partial charge < -0.3 is 15.6 Å². The van der Waals surface area contributed by atoms with Crippen molar-refractivity contribution in [2.75, 3.05) is 26.9 Å². The monoisotopic (exact) mass is 201 g/mol. The third-order valence-electron chi connectivity index (χ3n) is 3.24. The van der Waals surface area contributed by atoms with E-state index in [1.165, 1.54) is 12.8 Å². The zero-order chi connectivity index (χ0) is 10.4. The van der Waals surface area contributed by atoms with Crippen LogP contribution in [-0.2, 0) is 4.74 Å². The van der Waals surface area contributed by atoms with Crippen LogP contribution in [0.25, 0.3) is 0 Å². The summed E-state index contributed by atoms with van der Waals surface area (Å²) in [5.41, 5.74) is 5.75. The van der Waals surface area contributed by atoms with Crippen LogP contribution < -0.4 is 5.73 Å². The van der Waals surface area contributed by atoms with Gasteiger partial charge in [-0.1, -0.05) is 12.8 Å². The number of ether oxygens (including phenoxy) is 1. The Labute approximate surface area is 86.6 Å². The molecule has 0 aromatic heterocycles. The number of methoxy groups -OCH3 is 1. The van der Waals surface area contributed by atoms with Gasteiger partial charge in [-0.3, -0.25) is 0 Å². The Kier molecular flexibility index (Phi) is 4.85. The van der Waals surface area contributed by atoms with Crippen LogP contribution in [0.4, 0.5) is 0 Å². The number of hydrogen-bond acceptors (Lipinski definition) is 3. The maximum atomic E-state index is 9.43. The second kappa shape index (κ2) is 5.69. The molecule has 0 radical (unpaired) electrons. The van der Waals surface area contributed by atoms with Gasteiger partial charge >= 0.3 is 0 Å². The molecule has 0 aromatic rings. The highest BCUT2D eigenvalue weighted by molar-refractivity contribution is 4.87. The summed E-state index contributed by atoms with van der Waals surface area (Å²) < 4.78 is 5.02. The molecule has 1 atom stereocenters. The van der Waals surface area contributed by atoms with E-state index in [1.807, 2.05) is 0 Å². The third kappa shape index (κ3) is 3.56. The van der Waals surface area contributed by atoms with E-state index in [1.54, 1.807) is 7.11 Å². The molecule has 3 N–H and O–H groups in total. The maximum Gasteiger partial charge on any atom is 0.0499 e. The molecule has 0 aliphatic heterocycles. The Morgan fingerprint density at radius 3 is 2.64 bits per heavy atom. The van der Waals surface area contributed by atoms with Crippen molar-refractivity contribution in [3.8, 4) is 0 Å². The number of aliphatic hydroxyl groups is 1. The lowest BCUT2D eigenvalue weighted by atomic mass is 9.79. The first-order valence-corrected chi connectivity index (χ1v) is 5.56. The van der Waals surface area contributed by atoms with Gasteiger partial charge in [-0.15, -0.1) is 0 Å². The molecule has 0 aromatic carbocycles. The van der Waals surface area contributed by atoms with E-state index in [2.05, 4.69) is 0 Å². The molecule has 0 amide bonds. The van der Waals surface area contributed by atoms with Crippen LogP contribution in [0.2, 0.25) is 0 Å². The van der Waals surface area contributed by atoms with E-state index in [4.69, 9.17) is 10.5 Å². The van der Waals surface area contributed by atoms with E-state index in [0.29, 0.717) is 6.54 Å². The van der Waals surface area contributed by atoms with Crippen LogP contribution in [0.3, 0.4) is 0 Å². The van der Waals surface area contributed by atoms with Gasteiger partial charge in [0.15, 0.2) is 0 Å². The summed E-state index contributed by atoms with van der Waals surface area (Å²) in [7, 11) is 1.71. The fraction of sp³-hybridized carbons (Fsp3) is 1.00. The van der Waals surface area contributed by atoms with Gasteiger partial charge in [0.25, 0.3) is 0 Å². The summed E-state index contributed by atoms with van der Waals surface area (Å²) in [5, 5.41) is 9.43. The lowest BCUT2D eigenvalue weighted by Gasteiger charge is -2.30. The van der Waals surface area contributed by atoms with Crippen LogP contribution in [0, 0.1) is 11.3 Å². The highest BCUT2D eigenvalue weighted by Crippen LogP contribution is 2.41. The molecule has 1 rings (SSSR count). The highest BCUT2D eigenvalue weighted by atomic mass is 16.5. The van der Waals surface area contributed by atoms with Crippen molar-refractivity contribution in [3.63, 3.8) is 0 Å². The molecule has 14 heavy (non-hydrogen) atoms. The topological polar surface area (TPSA) is 55.5 Å². The number of hydrogen-bond donors (Lipinski definition) is 2. The molecule has 0 saturated heterocycles. The molecule has 1 unspecified atom stereocenters. The van der Waals surface area contributed by atoms with Gasteiger partial charge in [-0.05, 0) is 25.2 Å². The normalized spacial score (nSPS) is 20.8. The molecular weight excluding hydrogens is 178 g/mol. The van der Waals surface area contributed by atoms with Crippen LogP contribution in [-0.4, -0.2) is 32.0 Å². The zero-order valence-corrected chi connectivity index (χ0v) is 9.17. The third-order valence-corrected chi connectivity index (χ3v) is 3.24. The molecular formula is C11H23NO2. The van der Waals surface area contributed by atoms with E-state index in [-0.39, 0.29) is 12.0 Å². The van der Waals surface area contributed by atoms with E-state index in [9.17, 15) is 5.11 Å². The predicted molar refractivity (Wildman–Crippen MR) is 57.0 cm³/mol. The Morgan fingerprint density at radius 2 is 2.21 bits per heavy atom. The van der Waals surface area contributed by atoms with Crippen molar-refractivity contribution in [2.24, 2.45) is 17.1 Å². The van der Waals surface area contributed by atoms with Crippen molar-refractivity contribution in [3.05, 3.63) is 0 Å². The van der Waals surface area contributed by atoms with E-state index >= 15 is 0 Å². The summed E-state index contributed by atoms with van der Waals surface area (Å²) >= 11 is 0. The van der Waals surface area contributed by atoms with Crippen LogP contribution in [0.1, 0.15) is 32.1 Å². The number of aliphatic hydroxyl groups excluding tert-OH is 1.